The largest absolute Gasteiger partial charge is 0.496 e. The summed E-state index contributed by atoms with van der Waals surface area (Å²) in [5, 5.41) is 12.0. The fourth-order valence-corrected chi connectivity index (χ4v) is 6.94. The summed E-state index contributed by atoms with van der Waals surface area (Å²) >= 11 is 1.31. The third-order valence-corrected chi connectivity index (χ3v) is 8.71. The van der Waals surface area contributed by atoms with Crippen molar-refractivity contribution in [1.29, 1.82) is 0 Å². The SMILES string of the molecule is COc1cccc2c1CC(F)(F)C2Nc1nccc2cc(-c3c(C(N)=O)c(CC(C)C)nc(C)c3-c3nnc(C)o3)sc12. The van der Waals surface area contributed by atoms with E-state index in [9.17, 15) is 4.79 Å². The molecular weight excluding hydrogens is 574 g/mol. The number of ether oxygens (including phenoxy) is 1. The number of nitrogens with zero attached hydrogens (tertiary/aromatic N) is 4. The van der Waals surface area contributed by atoms with Crippen LogP contribution in [0.3, 0.4) is 0 Å². The van der Waals surface area contributed by atoms with Crippen LogP contribution in [0.25, 0.3) is 32.0 Å². The van der Waals surface area contributed by atoms with Gasteiger partial charge < -0.3 is 20.2 Å². The highest BCUT2D eigenvalue weighted by atomic mass is 32.1. The van der Waals surface area contributed by atoms with Crippen molar-refractivity contribution >= 4 is 33.1 Å². The molecule has 1 atom stereocenters. The number of amides is 1. The Morgan fingerprint density at radius 1 is 1.23 bits per heavy atom. The molecule has 12 heteroatoms. The van der Waals surface area contributed by atoms with E-state index in [-0.39, 0.29) is 17.4 Å². The predicted molar refractivity (Wildman–Crippen MR) is 161 cm³/mol. The molecule has 1 aliphatic rings. The molecule has 222 valence electrons. The van der Waals surface area contributed by atoms with E-state index in [1.807, 2.05) is 26.8 Å². The fourth-order valence-electron chi connectivity index (χ4n) is 5.78. The Hall–Kier alpha value is -4.45. The van der Waals surface area contributed by atoms with Gasteiger partial charge in [-0.2, -0.15) is 0 Å². The Labute approximate surface area is 250 Å². The maximum atomic E-state index is 15.4. The standard InChI is InChI=1S/C31H30F2N6O3S/c1-14(2)11-20-24(28(34)40)25(23(15(3)36-20)30-39-38-16(4)42-30)22-12-17-9-10-35-29(26(17)43-22)37-27-18-7-6-8-21(41-5)19(18)13-31(27,32)33/h6-10,12,14,27H,11,13H2,1-5H3,(H2,34,40)(H,35,37). The summed E-state index contributed by atoms with van der Waals surface area (Å²) in [6.07, 6.45) is 1.65. The van der Waals surface area contributed by atoms with Crippen molar-refractivity contribution in [2.45, 2.75) is 52.5 Å². The van der Waals surface area contributed by atoms with Crippen LogP contribution in [0.4, 0.5) is 14.6 Å². The zero-order valence-corrected chi connectivity index (χ0v) is 25.1. The molecule has 0 spiro atoms. The zero-order chi connectivity index (χ0) is 30.6. The number of aromatic nitrogens is 4. The predicted octanol–water partition coefficient (Wildman–Crippen LogP) is 6.68. The van der Waals surface area contributed by atoms with Gasteiger partial charge in [-0.25, -0.2) is 13.8 Å². The summed E-state index contributed by atoms with van der Waals surface area (Å²) in [5.41, 5.74) is 9.40. The molecule has 1 aromatic carbocycles. The Morgan fingerprint density at radius 3 is 2.70 bits per heavy atom. The molecule has 43 heavy (non-hydrogen) atoms. The molecule has 0 radical (unpaired) electrons. The summed E-state index contributed by atoms with van der Waals surface area (Å²) in [5.74, 6) is -2.21. The van der Waals surface area contributed by atoms with Gasteiger partial charge in [0.25, 0.3) is 11.8 Å². The van der Waals surface area contributed by atoms with Crippen LogP contribution in [0.1, 0.15) is 58.7 Å². The second kappa shape index (κ2) is 10.7. The highest BCUT2D eigenvalue weighted by Gasteiger charge is 2.49. The van der Waals surface area contributed by atoms with E-state index in [1.165, 1.54) is 18.4 Å². The molecule has 9 nitrogen and oxygen atoms in total. The molecule has 0 bridgehead atoms. The van der Waals surface area contributed by atoms with Gasteiger partial charge in [0.2, 0.25) is 11.8 Å². The number of carbonyl (C=O) groups is 1. The van der Waals surface area contributed by atoms with Crippen molar-refractivity contribution in [2.75, 3.05) is 12.4 Å². The average Bonchev–Trinajstić information content (AvgIpc) is 3.63. The van der Waals surface area contributed by atoms with Crippen molar-refractivity contribution < 1.29 is 22.7 Å². The summed E-state index contributed by atoms with van der Waals surface area (Å²) in [6, 6.07) is 7.46. The summed E-state index contributed by atoms with van der Waals surface area (Å²) < 4.78 is 42.7. The molecule has 1 unspecified atom stereocenters. The lowest BCUT2D eigenvalue weighted by molar-refractivity contribution is -0.00734. The molecule has 1 aliphatic carbocycles. The quantitative estimate of drug-likeness (QED) is 0.201. The minimum atomic E-state index is -3.07. The number of hydrogen-bond acceptors (Lipinski definition) is 9. The second-order valence-corrected chi connectivity index (χ2v) is 12.1. The van der Waals surface area contributed by atoms with Crippen molar-refractivity contribution in [3.05, 3.63) is 70.5 Å². The number of anilines is 1. The molecule has 6 rings (SSSR count). The van der Waals surface area contributed by atoms with Crippen LogP contribution < -0.4 is 15.8 Å². The van der Waals surface area contributed by atoms with Crippen LogP contribution in [0.15, 0.2) is 40.9 Å². The minimum absolute atomic E-state index is 0.200. The number of nitrogens with two attached hydrogens (primary N) is 1. The number of thiophene rings is 1. The molecule has 4 heterocycles. The van der Waals surface area contributed by atoms with Gasteiger partial charge in [0.05, 0.1) is 34.3 Å². The molecule has 1 amide bonds. The first-order valence-corrected chi connectivity index (χ1v) is 14.6. The number of aryl methyl sites for hydroxylation is 2. The lowest BCUT2D eigenvalue weighted by Crippen LogP contribution is -2.28. The first-order valence-electron chi connectivity index (χ1n) is 13.8. The van der Waals surface area contributed by atoms with Crippen LogP contribution >= 0.6 is 11.3 Å². The van der Waals surface area contributed by atoms with Crippen molar-refractivity contribution in [3.8, 4) is 27.6 Å². The van der Waals surface area contributed by atoms with Crippen molar-refractivity contribution in [2.24, 2.45) is 11.7 Å². The fraction of sp³-hybridized carbons (Fsp3) is 0.323. The van der Waals surface area contributed by atoms with Crippen LogP contribution in [0.5, 0.6) is 5.75 Å². The van der Waals surface area contributed by atoms with E-state index in [1.54, 1.807) is 37.4 Å². The Morgan fingerprint density at radius 2 is 2.02 bits per heavy atom. The van der Waals surface area contributed by atoms with Crippen LogP contribution in [-0.2, 0) is 12.8 Å². The molecule has 3 N–H and O–H groups in total. The van der Waals surface area contributed by atoms with E-state index in [2.05, 4.69) is 20.5 Å². The number of methoxy groups -OCH3 is 1. The average molecular weight is 605 g/mol. The Kier molecular flexibility index (Phi) is 7.11. The number of primary amides is 1. The first-order chi connectivity index (χ1) is 20.5. The monoisotopic (exact) mass is 604 g/mol. The van der Waals surface area contributed by atoms with Crippen LogP contribution in [0.2, 0.25) is 0 Å². The number of carbonyl (C=O) groups excluding carboxylic acids is 1. The normalized spacial score (nSPS) is 15.7. The molecule has 0 saturated heterocycles. The smallest absolute Gasteiger partial charge is 0.276 e. The zero-order valence-electron chi connectivity index (χ0n) is 24.3. The molecule has 4 aromatic heterocycles. The third-order valence-electron chi connectivity index (χ3n) is 7.54. The van der Waals surface area contributed by atoms with E-state index in [0.717, 1.165) is 5.39 Å². The maximum Gasteiger partial charge on any atom is 0.276 e. The number of rotatable bonds is 8. The lowest BCUT2D eigenvalue weighted by Gasteiger charge is -2.22. The highest BCUT2D eigenvalue weighted by Crippen LogP contribution is 2.49. The van der Waals surface area contributed by atoms with E-state index >= 15 is 8.78 Å². The number of benzene rings is 1. The minimum Gasteiger partial charge on any atom is -0.496 e. The second-order valence-electron chi connectivity index (χ2n) is 11.1. The van der Waals surface area contributed by atoms with Crippen molar-refractivity contribution in [3.63, 3.8) is 0 Å². The van der Waals surface area contributed by atoms with Crippen molar-refractivity contribution in [1.82, 2.24) is 20.2 Å². The van der Waals surface area contributed by atoms with Crippen LogP contribution in [-0.4, -0.2) is 39.1 Å². The third kappa shape index (κ3) is 4.99. The maximum absolute atomic E-state index is 15.4. The Balaban J connectivity index is 1.54. The van der Waals surface area contributed by atoms with Gasteiger partial charge in [-0.05, 0) is 48.4 Å². The number of halogens is 2. The van der Waals surface area contributed by atoms with Gasteiger partial charge in [-0.15, -0.1) is 21.5 Å². The van der Waals surface area contributed by atoms with Gasteiger partial charge in [-0.3, -0.25) is 9.78 Å². The van der Waals surface area contributed by atoms with Gasteiger partial charge in [-0.1, -0.05) is 26.0 Å². The highest BCUT2D eigenvalue weighted by molar-refractivity contribution is 7.23. The lowest BCUT2D eigenvalue weighted by atomic mass is 9.93. The molecule has 5 aromatic rings. The van der Waals surface area contributed by atoms with E-state index < -0.39 is 24.3 Å². The first kappa shape index (κ1) is 28.7. The van der Waals surface area contributed by atoms with Gasteiger partial charge in [0.1, 0.15) is 17.6 Å². The number of fused-ring (bicyclic) bond motifs is 2. The number of alkyl halides is 2. The number of pyridine rings is 2. The molecule has 0 fully saturated rings. The van der Waals surface area contributed by atoms with Crippen LogP contribution in [0, 0.1) is 19.8 Å². The molecule has 0 saturated carbocycles. The van der Waals surface area contributed by atoms with Gasteiger partial charge >= 0.3 is 0 Å². The van der Waals surface area contributed by atoms with E-state index in [0.29, 0.717) is 67.1 Å². The summed E-state index contributed by atoms with van der Waals surface area (Å²) in [6.45, 7) is 7.57. The Bertz CT molecular complexity index is 1880. The summed E-state index contributed by atoms with van der Waals surface area (Å²) in [7, 11) is 1.47. The topological polar surface area (TPSA) is 129 Å². The van der Waals surface area contributed by atoms with Gasteiger partial charge in [0, 0.05) is 35.5 Å². The number of nitrogens with one attached hydrogen (secondary N) is 1. The number of hydrogen-bond donors (Lipinski definition) is 2. The molecular formula is C31H30F2N6O3S. The van der Waals surface area contributed by atoms with E-state index in [4.69, 9.17) is 19.9 Å². The summed E-state index contributed by atoms with van der Waals surface area (Å²) in [4.78, 5) is 22.9. The van der Waals surface area contributed by atoms with Gasteiger partial charge in [0.15, 0.2) is 0 Å². The molecule has 0 aliphatic heterocycles.